The molecular weight excluding hydrogens is 282 g/mol. The van der Waals surface area contributed by atoms with Crippen LogP contribution in [0, 0.1) is 13.8 Å². The van der Waals surface area contributed by atoms with Gasteiger partial charge in [0.1, 0.15) is 5.01 Å². The van der Waals surface area contributed by atoms with Gasteiger partial charge in [-0.3, -0.25) is 0 Å². The molecule has 2 heterocycles. The summed E-state index contributed by atoms with van der Waals surface area (Å²) in [5.74, 6) is 0. The number of anilines is 1. The van der Waals surface area contributed by atoms with Crippen molar-refractivity contribution < 1.29 is 0 Å². The van der Waals surface area contributed by atoms with Crippen LogP contribution < -0.4 is 5.32 Å². The Kier molecular flexibility index (Phi) is 3.88. The van der Waals surface area contributed by atoms with E-state index in [1.54, 1.807) is 11.3 Å². The summed E-state index contributed by atoms with van der Waals surface area (Å²) in [5.41, 5.74) is 4.74. The van der Waals surface area contributed by atoms with Gasteiger partial charge in [-0.1, -0.05) is 18.3 Å². The number of hydrogen-bond donors (Lipinski definition) is 1. The number of rotatable bonds is 5. The number of hydrogen-bond acceptors (Lipinski definition) is 5. The molecule has 1 aromatic carbocycles. The zero-order chi connectivity index (χ0) is 14.8. The van der Waals surface area contributed by atoms with Gasteiger partial charge in [-0.15, -0.1) is 10.2 Å². The SMILES string of the molecule is CCCNc1nnc(Cn2cnc3cc(C)c(C)cc32)s1. The van der Waals surface area contributed by atoms with Crippen LogP contribution in [0.2, 0.25) is 0 Å². The maximum absolute atomic E-state index is 4.48. The van der Waals surface area contributed by atoms with Crippen molar-refractivity contribution in [2.75, 3.05) is 11.9 Å². The molecule has 0 unspecified atom stereocenters. The zero-order valence-electron chi connectivity index (χ0n) is 12.6. The van der Waals surface area contributed by atoms with Gasteiger partial charge in [0, 0.05) is 6.54 Å². The minimum Gasteiger partial charge on any atom is -0.360 e. The number of aromatic nitrogens is 4. The highest BCUT2D eigenvalue weighted by molar-refractivity contribution is 7.15. The smallest absolute Gasteiger partial charge is 0.205 e. The Bertz CT molecular complexity index is 759. The fourth-order valence-electron chi connectivity index (χ4n) is 2.21. The van der Waals surface area contributed by atoms with Crippen molar-refractivity contribution in [3.05, 3.63) is 34.6 Å². The van der Waals surface area contributed by atoms with Crippen LogP contribution in [0.3, 0.4) is 0 Å². The summed E-state index contributed by atoms with van der Waals surface area (Å²) in [7, 11) is 0. The van der Waals surface area contributed by atoms with Crippen molar-refractivity contribution in [1.29, 1.82) is 0 Å². The number of imidazole rings is 1. The lowest BCUT2D eigenvalue weighted by molar-refractivity contribution is 0.799. The quantitative estimate of drug-likeness (QED) is 0.785. The van der Waals surface area contributed by atoms with Gasteiger partial charge in [-0.25, -0.2) is 4.98 Å². The third-order valence-electron chi connectivity index (χ3n) is 3.54. The van der Waals surface area contributed by atoms with Gasteiger partial charge >= 0.3 is 0 Å². The van der Waals surface area contributed by atoms with E-state index in [0.717, 1.165) is 34.1 Å². The summed E-state index contributed by atoms with van der Waals surface area (Å²) in [4.78, 5) is 4.48. The van der Waals surface area contributed by atoms with Gasteiger partial charge in [-0.2, -0.15) is 0 Å². The number of aryl methyl sites for hydroxylation is 2. The third kappa shape index (κ3) is 2.90. The predicted octanol–water partition coefficient (Wildman–Crippen LogP) is 3.37. The first kappa shape index (κ1) is 14.0. The first-order chi connectivity index (χ1) is 10.2. The molecule has 0 bridgehead atoms. The molecule has 2 aromatic heterocycles. The zero-order valence-corrected chi connectivity index (χ0v) is 13.4. The summed E-state index contributed by atoms with van der Waals surface area (Å²) < 4.78 is 2.13. The molecule has 3 rings (SSSR count). The molecule has 0 aliphatic heterocycles. The molecule has 0 aliphatic carbocycles. The molecule has 0 spiro atoms. The summed E-state index contributed by atoms with van der Waals surface area (Å²) >= 11 is 1.61. The average Bonchev–Trinajstić information content (AvgIpc) is 3.06. The van der Waals surface area contributed by atoms with Crippen LogP contribution in [0.5, 0.6) is 0 Å². The van der Waals surface area contributed by atoms with E-state index in [-0.39, 0.29) is 0 Å². The summed E-state index contributed by atoms with van der Waals surface area (Å²) in [5, 5.41) is 13.6. The molecule has 110 valence electrons. The van der Waals surface area contributed by atoms with E-state index in [1.807, 2.05) is 6.33 Å². The summed E-state index contributed by atoms with van der Waals surface area (Å²) in [6, 6.07) is 4.32. The van der Waals surface area contributed by atoms with E-state index in [2.05, 4.69) is 58.0 Å². The molecule has 0 aliphatic rings. The van der Waals surface area contributed by atoms with Gasteiger partial charge in [0.25, 0.3) is 0 Å². The standard InChI is InChI=1S/C15H19N5S/c1-4-5-16-15-19-18-14(21-15)8-20-9-17-12-6-10(2)11(3)7-13(12)20/h6-7,9H,4-5,8H2,1-3H3,(H,16,19). The number of fused-ring (bicyclic) bond motifs is 1. The van der Waals surface area contributed by atoms with Gasteiger partial charge in [0.05, 0.1) is 23.9 Å². The van der Waals surface area contributed by atoms with Crippen LogP contribution in [0.25, 0.3) is 11.0 Å². The Morgan fingerprint density at radius 3 is 2.81 bits per heavy atom. The van der Waals surface area contributed by atoms with Crippen LogP contribution in [-0.4, -0.2) is 26.3 Å². The second-order valence-corrected chi connectivity index (χ2v) is 6.29. The van der Waals surface area contributed by atoms with Gasteiger partial charge in [0.2, 0.25) is 5.13 Å². The molecule has 0 fully saturated rings. The molecule has 6 heteroatoms. The van der Waals surface area contributed by atoms with Crippen LogP contribution in [0.4, 0.5) is 5.13 Å². The second kappa shape index (κ2) is 5.81. The van der Waals surface area contributed by atoms with Crippen molar-refractivity contribution in [2.45, 2.75) is 33.7 Å². The van der Waals surface area contributed by atoms with Crippen molar-refractivity contribution in [1.82, 2.24) is 19.7 Å². The maximum Gasteiger partial charge on any atom is 0.205 e. The summed E-state index contributed by atoms with van der Waals surface area (Å²) in [6.45, 7) is 8.02. The van der Waals surface area contributed by atoms with E-state index < -0.39 is 0 Å². The van der Waals surface area contributed by atoms with Crippen molar-refractivity contribution in [2.24, 2.45) is 0 Å². The molecule has 0 radical (unpaired) electrons. The average molecular weight is 301 g/mol. The highest BCUT2D eigenvalue weighted by atomic mass is 32.1. The Morgan fingerprint density at radius 2 is 2.00 bits per heavy atom. The lowest BCUT2D eigenvalue weighted by Gasteiger charge is -2.03. The van der Waals surface area contributed by atoms with Crippen LogP contribution in [0.15, 0.2) is 18.5 Å². The molecule has 0 atom stereocenters. The minimum absolute atomic E-state index is 0.713. The van der Waals surface area contributed by atoms with Crippen molar-refractivity contribution in [3.8, 4) is 0 Å². The fraction of sp³-hybridized carbons (Fsp3) is 0.400. The molecule has 3 aromatic rings. The van der Waals surface area contributed by atoms with E-state index >= 15 is 0 Å². The third-order valence-corrected chi connectivity index (χ3v) is 4.40. The van der Waals surface area contributed by atoms with Crippen molar-refractivity contribution >= 4 is 27.5 Å². The normalized spacial score (nSPS) is 11.2. The molecule has 0 saturated heterocycles. The molecule has 0 saturated carbocycles. The Morgan fingerprint density at radius 1 is 1.19 bits per heavy atom. The first-order valence-electron chi connectivity index (χ1n) is 7.15. The van der Waals surface area contributed by atoms with Gasteiger partial charge in [0.15, 0.2) is 0 Å². The van der Waals surface area contributed by atoms with E-state index in [0.29, 0.717) is 6.54 Å². The maximum atomic E-state index is 4.48. The van der Waals surface area contributed by atoms with Crippen LogP contribution in [0.1, 0.15) is 29.5 Å². The van der Waals surface area contributed by atoms with Gasteiger partial charge in [-0.05, 0) is 43.5 Å². The second-order valence-electron chi connectivity index (χ2n) is 5.23. The molecule has 1 N–H and O–H groups in total. The topological polar surface area (TPSA) is 55.6 Å². The lowest BCUT2D eigenvalue weighted by Crippen LogP contribution is -1.98. The highest BCUT2D eigenvalue weighted by Gasteiger charge is 2.09. The Balaban J connectivity index is 1.84. The summed E-state index contributed by atoms with van der Waals surface area (Å²) in [6.07, 6.45) is 2.96. The predicted molar refractivity (Wildman–Crippen MR) is 87.0 cm³/mol. The Labute approximate surface area is 128 Å². The van der Waals surface area contributed by atoms with Crippen LogP contribution >= 0.6 is 11.3 Å². The first-order valence-corrected chi connectivity index (χ1v) is 7.97. The van der Waals surface area contributed by atoms with E-state index in [9.17, 15) is 0 Å². The number of nitrogens with zero attached hydrogens (tertiary/aromatic N) is 4. The molecule has 5 nitrogen and oxygen atoms in total. The lowest BCUT2D eigenvalue weighted by atomic mass is 10.1. The van der Waals surface area contributed by atoms with E-state index in [1.165, 1.54) is 11.1 Å². The monoisotopic (exact) mass is 301 g/mol. The van der Waals surface area contributed by atoms with Crippen molar-refractivity contribution in [3.63, 3.8) is 0 Å². The minimum atomic E-state index is 0.713. The molecule has 21 heavy (non-hydrogen) atoms. The largest absolute Gasteiger partial charge is 0.360 e. The number of nitrogens with one attached hydrogen (secondary N) is 1. The Hall–Kier alpha value is -1.95. The molecular formula is C15H19N5S. The fourth-order valence-corrected chi connectivity index (χ4v) is 2.97. The van der Waals surface area contributed by atoms with E-state index in [4.69, 9.17) is 0 Å². The molecule has 0 amide bonds. The highest BCUT2D eigenvalue weighted by Crippen LogP contribution is 2.21. The van der Waals surface area contributed by atoms with Crippen LogP contribution in [-0.2, 0) is 6.54 Å². The number of benzene rings is 1. The van der Waals surface area contributed by atoms with Gasteiger partial charge < -0.3 is 9.88 Å².